The summed E-state index contributed by atoms with van der Waals surface area (Å²) in [4.78, 5) is 36.4. The number of carbonyl (C=O) groups excluding carboxylic acids is 1. The minimum absolute atomic E-state index is 0.145. The number of benzene rings is 1. The van der Waals surface area contributed by atoms with Gasteiger partial charge in [-0.3, -0.25) is 18.7 Å². The Kier molecular flexibility index (Phi) is 5.49. The molecule has 2 aromatic rings. The van der Waals surface area contributed by atoms with Crippen LogP contribution in [0.2, 0.25) is 0 Å². The van der Waals surface area contributed by atoms with Crippen LogP contribution in [0, 0.1) is 22.7 Å². The lowest BCUT2D eigenvalue weighted by molar-refractivity contribution is -0.116. The topological polar surface area (TPSA) is 121 Å². The number of nitriles is 2. The van der Waals surface area contributed by atoms with E-state index in [1.165, 1.54) is 10.8 Å². The van der Waals surface area contributed by atoms with E-state index in [9.17, 15) is 14.4 Å². The van der Waals surface area contributed by atoms with Crippen molar-refractivity contribution in [1.82, 2.24) is 9.13 Å². The van der Waals surface area contributed by atoms with Gasteiger partial charge < -0.3 is 5.32 Å². The number of nitrogens with zero attached hydrogens (tertiary/aromatic N) is 4. The van der Waals surface area contributed by atoms with Gasteiger partial charge in [0, 0.05) is 25.7 Å². The second kappa shape index (κ2) is 7.75. The summed E-state index contributed by atoms with van der Waals surface area (Å²) in [7, 11) is 0. The largest absolute Gasteiger partial charge is 0.331 e. The summed E-state index contributed by atoms with van der Waals surface area (Å²) < 4.78 is 2.11. The van der Waals surface area contributed by atoms with Crippen molar-refractivity contribution >= 4 is 11.6 Å². The molecule has 0 saturated carbocycles. The highest BCUT2D eigenvalue weighted by Gasteiger charge is 2.13. The average molecular weight is 337 g/mol. The molecule has 1 heterocycles. The molecule has 8 heteroatoms. The van der Waals surface area contributed by atoms with Gasteiger partial charge in [-0.15, -0.1) is 0 Å². The fourth-order valence-electron chi connectivity index (χ4n) is 2.27. The molecule has 126 valence electrons. The first-order valence-electron chi connectivity index (χ1n) is 7.55. The van der Waals surface area contributed by atoms with E-state index in [0.29, 0.717) is 17.8 Å². The SMILES string of the molecule is CCn1cc(C#N)c(=O)n(CCC(=O)Nc2ccccc2C#N)c1=O. The number of aromatic nitrogens is 2. The quantitative estimate of drug-likeness (QED) is 0.865. The maximum absolute atomic E-state index is 12.2. The van der Waals surface area contributed by atoms with Crippen molar-refractivity contribution < 1.29 is 4.79 Å². The molecule has 0 fully saturated rings. The predicted molar refractivity (Wildman–Crippen MR) is 89.8 cm³/mol. The Labute approximate surface area is 143 Å². The zero-order chi connectivity index (χ0) is 18.4. The zero-order valence-corrected chi connectivity index (χ0v) is 13.5. The number of para-hydroxylation sites is 1. The van der Waals surface area contributed by atoms with E-state index in [4.69, 9.17) is 10.5 Å². The Hall–Kier alpha value is -3.65. The minimum atomic E-state index is -0.720. The lowest BCUT2D eigenvalue weighted by Gasteiger charge is -2.10. The van der Waals surface area contributed by atoms with Crippen LogP contribution in [0.15, 0.2) is 40.1 Å². The second-order valence-electron chi connectivity index (χ2n) is 5.14. The zero-order valence-electron chi connectivity index (χ0n) is 13.5. The van der Waals surface area contributed by atoms with Gasteiger partial charge >= 0.3 is 5.69 Å². The summed E-state index contributed by atoms with van der Waals surface area (Å²) in [6.07, 6.45) is 1.07. The van der Waals surface area contributed by atoms with Crippen molar-refractivity contribution in [2.75, 3.05) is 5.32 Å². The van der Waals surface area contributed by atoms with E-state index in [1.54, 1.807) is 37.3 Å². The molecule has 0 aliphatic carbocycles. The number of aryl methyl sites for hydroxylation is 1. The highest BCUT2D eigenvalue weighted by molar-refractivity contribution is 5.92. The molecule has 0 radical (unpaired) electrons. The maximum atomic E-state index is 12.2. The number of amides is 1. The lowest BCUT2D eigenvalue weighted by Crippen LogP contribution is -2.41. The van der Waals surface area contributed by atoms with Crippen LogP contribution in [0.3, 0.4) is 0 Å². The fraction of sp³-hybridized carbons (Fsp3) is 0.235. The van der Waals surface area contributed by atoms with Crippen molar-refractivity contribution in [3.8, 4) is 12.1 Å². The Morgan fingerprint density at radius 2 is 1.84 bits per heavy atom. The van der Waals surface area contributed by atoms with E-state index in [0.717, 1.165) is 4.57 Å². The van der Waals surface area contributed by atoms with E-state index >= 15 is 0 Å². The van der Waals surface area contributed by atoms with Crippen molar-refractivity contribution in [3.05, 3.63) is 62.4 Å². The van der Waals surface area contributed by atoms with Crippen LogP contribution in [-0.2, 0) is 17.9 Å². The Balaban J connectivity index is 2.21. The van der Waals surface area contributed by atoms with Gasteiger partial charge in [0.05, 0.1) is 11.3 Å². The van der Waals surface area contributed by atoms with Gasteiger partial charge in [-0.1, -0.05) is 12.1 Å². The molecular weight excluding hydrogens is 322 g/mol. The minimum Gasteiger partial charge on any atom is -0.325 e. The molecule has 0 atom stereocenters. The molecule has 0 aliphatic heterocycles. The normalized spacial score (nSPS) is 9.88. The van der Waals surface area contributed by atoms with Crippen LogP contribution in [0.5, 0.6) is 0 Å². The molecular formula is C17H15N5O3. The number of anilines is 1. The standard InChI is InChI=1S/C17H15N5O3/c1-2-21-11-13(10-19)16(24)22(17(21)25)8-7-15(23)20-14-6-4-3-5-12(14)9-18/h3-6,11H,2,7-8H2,1H3,(H,20,23). The van der Waals surface area contributed by atoms with Crippen LogP contribution in [0.1, 0.15) is 24.5 Å². The van der Waals surface area contributed by atoms with Gasteiger partial charge in [-0.2, -0.15) is 10.5 Å². The average Bonchev–Trinajstić information content (AvgIpc) is 2.62. The molecule has 1 aromatic carbocycles. The first-order valence-corrected chi connectivity index (χ1v) is 7.55. The molecule has 1 N–H and O–H groups in total. The third-order valence-electron chi connectivity index (χ3n) is 3.58. The van der Waals surface area contributed by atoms with Crippen LogP contribution >= 0.6 is 0 Å². The Morgan fingerprint density at radius 1 is 1.16 bits per heavy atom. The summed E-state index contributed by atoms with van der Waals surface area (Å²) in [6, 6.07) is 10.2. The van der Waals surface area contributed by atoms with Crippen molar-refractivity contribution in [2.45, 2.75) is 26.4 Å². The lowest BCUT2D eigenvalue weighted by atomic mass is 10.2. The monoisotopic (exact) mass is 337 g/mol. The number of nitrogens with one attached hydrogen (secondary N) is 1. The third-order valence-corrected chi connectivity index (χ3v) is 3.58. The van der Waals surface area contributed by atoms with E-state index in [2.05, 4.69) is 5.32 Å². The van der Waals surface area contributed by atoms with Crippen molar-refractivity contribution in [1.29, 1.82) is 10.5 Å². The van der Waals surface area contributed by atoms with Gasteiger partial charge in [0.1, 0.15) is 17.7 Å². The molecule has 8 nitrogen and oxygen atoms in total. The first kappa shape index (κ1) is 17.7. The second-order valence-corrected chi connectivity index (χ2v) is 5.14. The predicted octanol–water partition coefficient (Wildman–Crippen LogP) is 0.802. The fourth-order valence-corrected chi connectivity index (χ4v) is 2.27. The molecule has 0 bridgehead atoms. The highest BCUT2D eigenvalue weighted by atomic mass is 16.2. The number of carbonyl (C=O) groups is 1. The van der Waals surface area contributed by atoms with Gasteiger partial charge in [-0.05, 0) is 19.1 Å². The summed E-state index contributed by atoms with van der Waals surface area (Å²) in [6.45, 7) is 1.85. The number of hydrogen-bond donors (Lipinski definition) is 1. The Morgan fingerprint density at radius 3 is 2.48 bits per heavy atom. The summed E-state index contributed by atoms with van der Waals surface area (Å²) in [5.41, 5.74) is -0.775. The maximum Gasteiger partial charge on any atom is 0.331 e. The van der Waals surface area contributed by atoms with Gasteiger partial charge in [0.2, 0.25) is 5.91 Å². The molecule has 1 aromatic heterocycles. The highest BCUT2D eigenvalue weighted by Crippen LogP contribution is 2.13. The van der Waals surface area contributed by atoms with E-state index < -0.39 is 17.2 Å². The molecule has 0 unspecified atom stereocenters. The molecule has 1 amide bonds. The molecule has 0 saturated heterocycles. The Bertz CT molecular complexity index is 1000. The molecule has 0 spiro atoms. The van der Waals surface area contributed by atoms with E-state index in [-0.39, 0.29) is 18.5 Å². The third kappa shape index (κ3) is 3.82. The summed E-state index contributed by atoms with van der Waals surface area (Å²) in [5, 5.41) is 20.6. The van der Waals surface area contributed by atoms with Crippen molar-refractivity contribution in [3.63, 3.8) is 0 Å². The van der Waals surface area contributed by atoms with E-state index in [1.807, 2.05) is 6.07 Å². The number of hydrogen-bond acceptors (Lipinski definition) is 5. The van der Waals surface area contributed by atoms with Crippen LogP contribution < -0.4 is 16.6 Å². The van der Waals surface area contributed by atoms with Crippen molar-refractivity contribution in [2.24, 2.45) is 0 Å². The summed E-state index contributed by atoms with van der Waals surface area (Å²) in [5.74, 6) is -0.445. The molecule has 0 aliphatic rings. The smallest absolute Gasteiger partial charge is 0.325 e. The first-order chi connectivity index (χ1) is 12.0. The molecule has 25 heavy (non-hydrogen) atoms. The van der Waals surface area contributed by atoms with Gasteiger partial charge in [0.25, 0.3) is 5.56 Å². The van der Waals surface area contributed by atoms with Crippen LogP contribution in [-0.4, -0.2) is 15.0 Å². The number of rotatable bonds is 5. The van der Waals surface area contributed by atoms with Crippen LogP contribution in [0.4, 0.5) is 5.69 Å². The van der Waals surface area contributed by atoms with Gasteiger partial charge in [0.15, 0.2) is 0 Å². The van der Waals surface area contributed by atoms with Crippen LogP contribution in [0.25, 0.3) is 0 Å². The summed E-state index contributed by atoms with van der Waals surface area (Å²) >= 11 is 0. The molecule has 2 rings (SSSR count). The van der Waals surface area contributed by atoms with Gasteiger partial charge in [-0.25, -0.2) is 4.79 Å².